The van der Waals surface area contributed by atoms with Gasteiger partial charge in [-0.1, -0.05) is 42.5 Å². The Morgan fingerprint density at radius 1 is 1.14 bits per heavy atom. The fraction of sp³-hybridized carbons (Fsp3) is 0.296. The molecular weight excluding hydrogens is 458 g/mol. The summed E-state index contributed by atoms with van der Waals surface area (Å²) < 4.78 is 12.5. The monoisotopic (exact) mass is 485 g/mol. The molecule has 0 aliphatic heterocycles. The Kier molecular flexibility index (Phi) is 6.62. The zero-order chi connectivity index (χ0) is 25.1. The van der Waals surface area contributed by atoms with Crippen LogP contribution in [0.15, 0.2) is 65.2 Å². The van der Waals surface area contributed by atoms with Crippen molar-refractivity contribution in [1.29, 1.82) is 0 Å². The quantitative estimate of drug-likeness (QED) is 0.351. The van der Waals surface area contributed by atoms with Crippen molar-refractivity contribution in [2.24, 2.45) is 5.92 Å². The first-order chi connectivity index (χ1) is 17.5. The number of aromatic nitrogens is 4. The predicted octanol–water partition coefficient (Wildman–Crippen LogP) is 4.35. The number of amides is 1. The van der Waals surface area contributed by atoms with Gasteiger partial charge >= 0.3 is 5.97 Å². The molecule has 184 valence electrons. The maximum absolute atomic E-state index is 12.6. The Bertz CT molecular complexity index is 1370. The average molecular weight is 486 g/mol. The number of ether oxygens (including phenoxy) is 1. The number of carbonyl (C=O) groups is 2. The van der Waals surface area contributed by atoms with Crippen LogP contribution in [0.1, 0.15) is 53.4 Å². The maximum atomic E-state index is 12.6. The Balaban J connectivity index is 1.40. The number of nitrogens with zero attached hydrogens (tertiary/aromatic N) is 4. The minimum atomic E-state index is -0.535. The van der Waals surface area contributed by atoms with Gasteiger partial charge < -0.3 is 14.5 Å². The zero-order valence-electron chi connectivity index (χ0n) is 20.2. The number of nitrogens with one attached hydrogen (secondary N) is 1. The summed E-state index contributed by atoms with van der Waals surface area (Å²) in [4.78, 5) is 33.9. The van der Waals surface area contributed by atoms with Crippen LogP contribution in [0.25, 0.3) is 22.8 Å². The molecule has 1 saturated carbocycles. The van der Waals surface area contributed by atoms with Crippen molar-refractivity contribution in [3.63, 3.8) is 0 Å². The Labute approximate surface area is 208 Å². The lowest BCUT2D eigenvalue weighted by Gasteiger charge is -2.10. The average Bonchev–Trinajstić information content (AvgIpc) is 3.47. The van der Waals surface area contributed by atoms with Crippen molar-refractivity contribution in [3.05, 3.63) is 77.9 Å². The van der Waals surface area contributed by atoms with E-state index in [4.69, 9.17) is 9.15 Å². The fourth-order valence-corrected chi connectivity index (χ4v) is 3.97. The third kappa shape index (κ3) is 5.19. The van der Waals surface area contributed by atoms with Gasteiger partial charge in [0.1, 0.15) is 0 Å². The van der Waals surface area contributed by atoms with Gasteiger partial charge in [-0.05, 0) is 50.3 Å². The minimum Gasteiger partial charge on any atom is -0.460 e. The van der Waals surface area contributed by atoms with E-state index in [-0.39, 0.29) is 30.1 Å². The Morgan fingerprint density at radius 2 is 1.92 bits per heavy atom. The van der Waals surface area contributed by atoms with E-state index in [9.17, 15) is 9.59 Å². The smallest absolute Gasteiger partial charge is 0.376 e. The highest BCUT2D eigenvalue weighted by Crippen LogP contribution is 2.32. The number of hydrogen-bond acceptors (Lipinski definition) is 7. The number of rotatable bonds is 9. The van der Waals surface area contributed by atoms with E-state index in [0.717, 1.165) is 18.4 Å². The topological polar surface area (TPSA) is 112 Å². The first-order valence-corrected chi connectivity index (χ1v) is 12.0. The van der Waals surface area contributed by atoms with Crippen LogP contribution < -0.4 is 5.32 Å². The third-order valence-electron chi connectivity index (χ3n) is 6.09. The number of oxazole rings is 1. The number of carbonyl (C=O) groups excluding carboxylic acids is 2. The summed E-state index contributed by atoms with van der Waals surface area (Å²) in [6, 6.07) is 17.1. The normalized spacial score (nSPS) is 13.8. The number of hydrogen-bond donors (Lipinski definition) is 1. The molecule has 0 radical (unpaired) electrons. The summed E-state index contributed by atoms with van der Waals surface area (Å²) in [6.07, 6.45) is 3.72. The first-order valence-electron chi connectivity index (χ1n) is 12.0. The van der Waals surface area contributed by atoms with E-state index < -0.39 is 5.97 Å². The van der Waals surface area contributed by atoms with Crippen molar-refractivity contribution < 1.29 is 18.7 Å². The second-order valence-corrected chi connectivity index (χ2v) is 8.83. The van der Waals surface area contributed by atoms with Gasteiger partial charge in [0.25, 0.3) is 5.91 Å². The van der Waals surface area contributed by atoms with E-state index in [1.54, 1.807) is 11.6 Å². The number of esters is 1. The Hall–Kier alpha value is -4.27. The summed E-state index contributed by atoms with van der Waals surface area (Å²) in [5.74, 6) is 0.714. The molecule has 9 heteroatoms. The minimum absolute atomic E-state index is 0.111. The molecule has 1 atom stereocenters. The lowest BCUT2D eigenvalue weighted by atomic mass is 10.1. The summed E-state index contributed by atoms with van der Waals surface area (Å²) in [5.41, 5.74) is 2.32. The van der Waals surface area contributed by atoms with E-state index in [2.05, 4.69) is 20.4 Å². The fourth-order valence-electron chi connectivity index (χ4n) is 3.97. The highest BCUT2D eigenvalue weighted by Gasteiger charge is 2.30. The number of benzene rings is 2. The van der Waals surface area contributed by atoms with Crippen LogP contribution in [-0.4, -0.2) is 44.3 Å². The molecule has 1 amide bonds. The largest absolute Gasteiger partial charge is 0.460 e. The summed E-state index contributed by atoms with van der Waals surface area (Å²) in [7, 11) is 0. The maximum Gasteiger partial charge on any atom is 0.376 e. The van der Waals surface area contributed by atoms with Gasteiger partial charge in [-0.3, -0.25) is 4.79 Å². The van der Waals surface area contributed by atoms with E-state index >= 15 is 0 Å². The van der Waals surface area contributed by atoms with Crippen LogP contribution >= 0.6 is 0 Å². The molecule has 1 aliphatic carbocycles. The van der Waals surface area contributed by atoms with Gasteiger partial charge in [0.05, 0.1) is 19.3 Å². The van der Waals surface area contributed by atoms with Gasteiger partial charge in [0, 0.05) is 17.2 Å². The lowest BCUT2D eigenvalue weighted by molar-refractivity contribution is 0.0505. The van der Waals surface area contributed by atoms with E-state index in [0.29, 0.717) is 35.3 Å². The van der Waals surface area contributed by atoms with Crippen molar-refractivity contribution in [2.75, 3.05) is 6.61 Å². The van der Waals surface area contributed by atoms with E-state index in [1.807, 2.05) is 61.5 Å². The molecule has 0 unspecified atom stereocenters. The lowest BCUT2D eigenvalue weighted by Crippen LogP contribution is -2.33. The van der Waals surface area contributed by atoms with Crippen molar-refractivity contribution in [1.82, 2.24) is 25.1 Å². The van der Waals surface area contributed by atoms with Crippen LogP contribution in [0.4, 0.5) is 0 Å². The van der Waals surface area contributed by atoms with Crippen LogP contribution in [0.5, 0.6) is 0 Å². The molecule has 0 spiro atoms. The van der Waals surface area contributed by atoms with Gasteiger partial charge in [-0.15, -0.1) is 5.10 Å². The van der Waals surface area contributed by atoms with Crippen LogP contribution in [0.2, 0.25) is 0 Å². The molecule has 5 rings (SSSR count). The first kappa shape index (κ1) is 23.5. The predicted molar refractivity (Wildman–Crippen MR) is 132 cm³/mol. The van der Waals surface area contributed by atoms with Gasteiger partial charge in [-0.25, -0.2) is 19.4 Å². The molecule has 2 aromatic carbocycles. The second-order valence-electron chi connectivity index (χ2n) is 8.83. The van der Waals surface area contributed by atoms with Gasteiger partial charge in [0.15, 0.2) is 5.82 Å². The molecule has 4 aromatic rings. The molecule has 1 aliphatic rings. The highest BCUT2D eigenvalue weighted by molar-refractivity contribution is 5.91. The molecule has 2 heterocycles. The van der Waals surface area contributed by atoms with Crippen LogP contribution in [0.3, 0.4) is 0 Å². The third-order valence-corrected chi connectivity index (χ3v) is 6.09. The standard InChI is InChI=1S/C27H27N5O4/c1-3-35-27(34)24-30-23(31-32(24)16-18-8-5-4-6-9-18)20-10-7-11-21(14-20)26-28-15-22(36-26)25(33)29-17(2)19-12-13-19/h4-11,14-15,17,19H,3,12-13,16H2,1-2H3,(H,29,33)/t17-/m0/s1. The Morgan fingerprint density at radius 3 is 2.67 bits per heavy atom. The van der Waals surface area contributed by atoms with Crippen molar-refractivity contribution >= 4 is 11.9 Å². The van der Waals surface area contributed by atoms with Crippen molar-refractivity contribution in [2.45, 2.75) is 39.3 Å². The second kappa shape index (κ2) is 10.2. The molecule has 0 saturated heterocycles. The van der Waals surface area contributed by atoms with Crippen LogP contribution in [0, 0.1) is 5.92 Å². The van der Waals surface area contributed by atoms with E-state index in [1.165, 1.54) is 6.20 Å². The van der Waals surface area contributed by atoms with Gasteiger partial charge in [-0.2, -0.15) is 0 Å². The summed E-state index contributed by atoms with van der Waals surface area (Å²) >= 11 is 0. The molecule has 1 fully saturated rings. The highest BCUT2D eigenvalue weighted by atomic mass is 16.5. The van der Waals surface area contributed by atoms with Crippen LogP contribution in [-0.2, 0) is 11.3 Å². The summed E-state index contributed by atoms with van der Waals surface area (Å²) in [5, 5.41) is 7.56. The molecular formula is C27H27N5O4. The SMILES string of the molecule is CCOC(=O)c1nc(-c2cccc(-c3ncc(C(=O)N[C@@H](C)C4CC4)o3)c2)nn1Cc1ccccc1. The molecule has 9 nitrogen and oxygen atoms in total. The molecule has 2 aromatic heterocycles. The zero-order valence-corrected chi connectivity index (χ0v) is 20.2. The van der Waals surface area contributed by atoms with Gasteiger partial charge in [0.2, 0.25) is 17.5 Å². The van der Waals surface area contributed by atoms with Crippen molar-refractivity contribution in [3.8, 4) is 22.8 Å². The molecule has 1 N–H and O–H groups in total. The molecule has 36 heavy (non-hydrogen) atoms. The summed E-state index contributed by atoms with van der Waals surface area (Å²) in [6.45, 7) is 4.36. The molecule has 0 bridgehead atoms.